The molecule has 0 radical (unpaired) electrons. The normalized spacial score (nSPS) is 11.0. The molecule has 0 aliphatic rings. The summed E-state index contributed by atoms with van der Waals surface area (Å²) in [6.07, 6.45) is 0.516. The Morgan fingerprint density at radius 3 is 2.55 bits per heavy atom. The fraction of sp³-hybridized carbons (Fsp3) is 0.375. The number of rotatable bonds is 6. The minimum absolute atomic E-state index is 0.114. The van der Waals surface area contributed by atoms with Gasteiger partial charge in [0.15, 0.2) is 0 Å². The number of hydrogen-bond donors (Lipinski definition) is 2. The summed E-state index contributed by atoms with van der Waals surface area (Å²) < 4.78 is 11.2. The number of phenolic OH excluding ortho intramolecular Hbond substituents is 1. The highest BCUT2D eigenvalue weighted by Crippen LogP contribution is 2.27. The molecule has 0 aliphatic carbocycles. The van der Waals surface area contributed by atoms with Gasteiger partial charge in [-0.2, -0.15) is 0 Å². The maximum atomic E-state index is 9.62. The molecule has 1 aromatic heterocycles. The van der Waals surface area contributed by atoms with E-state index in [2.05, 4.69) is 13.8 Å². The molecule has 2 aromatic rings. The summed E-state index contributed by atoms with van der Waals surface area (Å²) in [5.74, 6) is 2.64. The van der Waals surface area contributed by atoms with Gasteiger partial charge in [-0.05, 0) is 36.2 Å². The van der Waals surface area contributed by atoms with Crippen molar-refractivity contribution in [1.82, 2.24) is 0 Å². The lowest BCUT2D eigenvalue weighted by Crippen LogP contribution is -2.06. The smallest absolute Gasteiger partial charge is 0.129 e. The Bertz CT molecular complexity index is 557. The van der Waals surface area contributed by atoms with Gasteiger partial charge >= 0.3 is 0 Å². The summed E-state index contributed by atoms with van der Waals surface area (Å²) in [6.45, 7) is 4.68. The Labute approximate surface area is 118 Å². The van der Waals surface area contributed by atoms with Crippen molar-refractivity contribution in [3.05, 3.63) is 47.4 Å². The minimum atomic E-state index is -0.114. The van der Waals surface area contributed by atoms with E-state index in [9.17, 15) is 5.11 Å². The van der Waals surface area contributed by atoms with Crippen LogP contribution in [-0.4, -0.2) is 16.8 Å². The lowest BCUT2D eigenvalue weighted by Gasteiger charge is -2.13. The van der Waals surface area contributed by atoms with Crippen molar-refractivity contribution in [3.8, 4) is 11.5 Å². The molecule has 0 atom stereocenters. The van der Waals surface area contributed by atoms with Crippen LogP contribution in [0.3, 0.4) is 0 Å². The molecule has 0 unspecified atom stereocenters. The van der Waals surface area contributed by atoms with Crippen LogP contribution in [0.5, 0.6) is 11.5 Å². The zero-order valence-electron chi connectivity index (χ0n) is 11.8. The third kappa shape index (κ3) is 3.78. The molecule has 0 amide bonds. The highest BCUT2D eigenvalue weighted by Gasteiger charge is 2.10. The van der Waals surface area contributed by atoms with Crippen LogP contribution < -0.4 is 4.74 Å². The van der Waals surface area contributed by atoms with Gasteiger partial charge in [-0.25, -0.2) is 0 Å². The van der Waals surface area contributed by atoms with Crippen molar-refractivity contribution in [2.24, 2.45) is 5.92 Å². The van der Waals surface area contributed by atoms with Crippen molar-refractivity contribution in [2.45, 2.75) is 26.9 Å². The van der Waals surface area contributed by atoms with Crippen molar-refractivity contribution < 1.29 is 19.4 Å². The fourth-order valence-corrected chi connectivity index (χ4v) is 1.89. The third-order valence-corrected chi connectivity index (χ3v) is 2.85. The first-order valence-corrected chi connectivity index (χ1v) is 6.71. The van der Waals surface area contributed by atoms with Gasteiger partial charge in [0.25, 0.3) is 0 Å². The number of furan rings is 1. The number of hydrogen-bond acceptors (Lipinski definition) is 4. The molecule has 4 heteroatoms. The van der Waals surface area contributed by atoms with Crippen LogP contribution in [0, 0.1) is 5.92 Å². The Balaban J connectivity index is 2.17. The van der Waals surface area contributed by atoms with Gasteiger partial charge in [0.1, 0.15) is 29.6 Å². The van der Waals surface area contributed by atoms with Gasteiger partial charge in [-0.1, -0.05) is 13.8 Å². The molecule has 2 rings (SSSR count). The summed E-state index contributed by atoms with van der Waals surface area (Å²) in [4.78, 5) is 0. The van der Waals surface area contributed by atoms with Crippen molar-refractivity contribution in [1.29, 1.82) is 0 Å². The minimum Gasteiger partial charge on any atom is -0.508 e. The van der Waals surface area contributed by atoms with Crippen molar-refractivity contribution in [2.75, 3.05) is 6.61 Å². The molecule has 0 saturated heterocycles. The Kier molecular flexibility index (Phi) is 4.69. The Hall–Kier alpha value is -1.94. The molecule has 0 fully saturated rings. The van der Waals surface area contributed by atoms with Gasteiger partial charge in [0.05, 0.1) is 6.61 Å². The zero-order chi connectivity index (χ0) is 14.5. The number of aromatic hydroxyl groups is 1. The SMILES string of the molecule is CC(C)COc1ccc(O)cc1Cc1ccc(CO)o1. The second-order valence-electron chi connectivity index (χ2n) is 5.20. The molecule has 0 saturated carbocycles. The van der Waals surface area contributed by atoms with Gasteiger partial charge < -0.3 is 19.4 Å². The number of ether oxygens (including phenoxy) is 1. The van der Waals surface area contributed by atoms with Crippen LogP contribution in [0.2, 0.25) is 0 Å². The lowest BCUT2D eigenvalue weighted by atomic mass is 10.1. The molecule has 2 N–H and O–H groups in total. The first kappa shape index (κ1) is 14.5. The molecule has 0 spiro atoms. The molecule has 20 heavy (non-hydrogen) atoms. The van der Waals surface area contributed by atoms with Crippen LogP contribution in [0.15, 0.2) is 34.7 Å². The van der Waals surface area contributed by atoms with E-state index in [1.165, 1.54) is 0 Å². The monoisotopic (exact) mass is 276 g/mol. The lowest BCUT2D eigenvalue weighted by molar-refractivity contribution is 0.243. The van der Waals surface area contributed by atoms with E-state index in [-0.39, 0.29) is 12.4 Å². The summed E-state index contributed by atoms with van der Waals surface area (Å²) in [7, 11) is 0. The van der Waals surface area contributed by atoms with Crippen LogP contribution >= 0.6 is 0 Å². The Morgan fingerprint density at radius 2 is 1.90 bits per heavy atom. The van der Waals surface area contributed by atoms with E-state index >= 15 is 0 Å². The number of aliphatic hydroxyl groups is 1. The Morgan fingerprint density at radius 1 is 1.15 bits per heavy atom. The molecule has 108 valence electrons. The van der Waals surface area contributed by atoms with Crippen molar-refractivity contribution in [3.63, 3.8) is 0 Å². The predicted octanol–water partition coefficient (Wildman–Crippen LogP) is 3.10. The van der Waals surface area contributed by atoms with Crippen LogP contribution in [0.1, 0.15) is 30.9 Å². The second kappa shape index (κ2) is 6.48. The van der Waals surface area contributed by atoms with E-state index in [4.69, 9.17) is 14.3 Å². The average molecular weight is 276 g/mol. The maximum absolute atomic E-state index is 9.62. The van der Waals surface area contributed by atoms with Gasteiger partial charge in [0, 0.05) is 12.0 Å². The number of aliphatic hydroxyl groups excluding tert-OH is 1. The van der Waals surface area contributed by atoms with Crippen molar-refractivity contribution >= 4 is 0 Å². The van der Waals surface area contributed by atoms with Crippen LogP contribution in [0.4, 0.5) is 0 Å². The second-order valence-corrected chi connectivity index (χ2v) is 5.20. The van der Waals surface area contributed by atoms with E-state index in [1.807, 2.05) is 6.07 Å². The quantitative estimate of drug-likeness (QED) is 0.851. The first-order valence-electron chi connectivity index (χ1n) is 6.71. The summed E-state index contributed by atoms with van der Waals surface area (Å²) >= 11 is 0. The third-order valence-electron chi connectivity index (χ3n) is 2.85. The summed E-state index contributed by atoms with van der Waals surface area (Å²) in [5, 5.41) is 18.6. The zero-order valence-corrected chi connectivity index (χ0v) is 11.8. The summed E-state index contributed by atoms with van der Waals surface area (Å²) in [5.41, 5.74) is 0.865. The number of phenols is 1. The highest BCUT2D eigenvalue weighted by atomic mass is 16.5. The molecular weight excluding hydrogens is 256 g/mol. The molecule has 0 bridgehead atoms. The first-order chi connectivity index (χ1) is 9.58. The largest absolute Gasteiger partial charge is 0.508 e. The van der Waals surface area contributed by atoms with E-state index in [0.29, 0.717) is 24.7 Å². The van der Waals surface area contributed by atoms with Gasteiger partial charge in [-0.3, -0.25) is 0 Å². The summed E-state index contributed by atoms with van der Waals surface area (Å²) in [6, 6.07) is 8.62. The topological polar surface area (TPSA) is 62.8 Å². The van der Waals surface area contributed by atoms with Gasteiger partial charge in [0.2, 0.25) is 0 Å². The van der Waals surface area contributed by atoms with E-state index in [1.54, 1.807) is 24.3 Å². The molecule has 4 nitrogen and oxygen atoms in total. The highest BCUT2D eigenvalue weighted by molar-refractivity contribution is 5.41. The average Bonchev–Trinajstić information content (AvgIpc) is 2.85. The van der Waals surface area contributed by atoms with Crippen LogP contribution in [-0.2, 0) is 13.0 Å². The van der Waals surface area contributed by atoms with Gasteiger partial charge in [-0.15, -0.1) is 0 Å². The molecular formula is C16H20O4. The standard InChI is InChI=1S/C16H20O4/c1-11(2)10-19-16-6-3-13(18)7-12(16)8-14-4-5-15(9-17)20-14/h3-7,11,17-18H,8-10H2,1-2H3. The molecule has 1 aromatic carbocycles. The maximum Gasteiger partial charge on any atom is 0.129 e. The van der Waals surface area contributed by atoms with E-state index < -0.39 is 0 Å². The molecule has 0 aliphatic heterocycles. The predicted molar refractivity (Wildman–Crippen MR) is 75.9 cm³/mol. The van der Waals surface area contributed by atoms with E-state index in [0.717, 1.165) is 17.1 Å². The fourth-order valence-electron chi connectivity index (χ4n) is 1.89. The molecule has 1 heterocycles. The van der Waals surface area contributed by atoms with Crippen LogP contribution in [0.25, 0.3) is 0 Å². The number of benzene rings is 1.